The number of ketones is 6. The normalized spacial score (nSPS) is 13.2. The first-order valence-corrected chi connectivity index (χ1v) is 30.3. The number of fused-ring (bicyclic) bond motifs is 6. The van der Waals surface area contributed by atoms with Crippen molar-refractivity contribution in [3.05, 3.63) is 194 Å². The predicted molar refractivity (Wildman–Crippen MR) is 345 cm³/mol. The van der Waals surface area contributed by atoms with Crippen molar-refractivity contribution in [1.29, 1.82) is 0 Å². The van der Waals surface area contributed by atoms with Crippen molar-refractivity contribution < 1.29 is 126 Å². The molecule has 0 saturated heterocycles. The fourth-order valence-corrected chi connectivity index (χ4v) is 8.32. The molecule has 2 unspecified atom stereocenters. The van der Waals surface area contributed by atoms with Gasteiger partial charge in [-0.3, -0.25) is 28.8 Å². The van der Waals surface area contributed by atoms with Gasteiger partial charge in [-0.2, -0.15) is 0 Å². The van der Waals surface area contributed by atoms with Crippen LogP contribution in [0.5, 0.6) is 0 Å². The average Bonchev–Trinajstić information content (AvgIpc) is 1.68. The maximum atomic E-state index is 12.6. The summed E-state index contributed by atoms with van der Waals surface area (Å²) in [4.78, 5) is 110. The molecule has 0 amide bonds. The molecule has 0 spiro atoms. The molecule has 9 rings (SSSR count). The Morgan fingerprint density at radius 1 is 0.433 bits per heavy atom. The van der Waals surface area contributed by atoms with Crippen LogP contribution in [0.4, 0.5) is 0 Å². The van der Waals surface area contributed by atoms with Gasteiger partial charge in [0.15, 0.2) is 69.2 Å². The summed E-state index contributed by atoms with van der Waals surface area (Å²) in [5.74, 6) is -7.78. The van der Waals surface area contributed by atoms with E-state index in [2.05, 4.69) is 0 Å². The van der Waals surface area contributed by atoms with E-state index in [4.69, 9.17) is 79.3 Å². The molecule has 3 aliphatic rings. The molecule has 0 radical (unpaired) electrons. The van der Waals surface area contributed by atoms with Crippen LogP contribution in [0.25, 0.3) is 17.3 Å². The third-order valence-electron chi connectivity index (χ3n) is 13.1. The number of rotatable bonds is 26. The second-order valence-electron chi connectivity index (χ2n) is 20.1. The smallest absolute Gasteiger partial charge is 0.334 e. The Bertz CT molecular complexity index is 3560. The summed E-state index contributed by atoms with van der Waals surface area (Å²) in [6, 6.07) is 22.8. The van der Waals surface area contributed by atoms with Crippen molar-refractivity contribution in [2.45, 2.75) is 52.2 Å². The maximum absolute atomic E-state index is 12.6. The van der Waals surface area contributed by atoms with Gasteiger partial charge < -0.3 is 99.7 Å². The molecule has 3 aliphatic carbocycles. The zero-order chi connectivity index (χ0) is 71.6. The Morgan fingerprint density at radius 3 is 1.01 bits per heavy atom. The highest BCUT2D eigenvalue weighted by molar-refractivity contribution is 6.29. The van der Waals surface area contributed by atoms with Crippen molar-refractivity contribution in [1.82, 2.24) is 0 Å². The van der Waals surface area contributed by atoms with E-state index in [9.17, 15) is 63.6 Å². The lowest BCUT2D eigenvalue weighted by molar-refractivity contribution is -0.140. The molecule has 3 aromatic heterocycles. The molecule has 97 heavy (non-hydrogen) atoms. The monoisotopic (exact) mass is 1350 g/mol. The largest absolute Gasteiger partial charge is 0.504 e. The molecule has 0 bridgehead atoms. The van der Waals surface area contributed by atoms with E-state index in [1.54, 1.807) is 54.6 Å². The number of hydrogen-bond acceptors (Lipinski definition) is 29. The molecule has 14 N–H and O–H groups in total. The Kier molecular flexibility index (Phi) is 34.3. The molecule has 29 heteroatoms. The third-order valence-corrected chi connectivity index (χ3v) is 13.1. The summed E-state index contributed by atoms with van der Waals surface area (Å²) in [5, 5.41) is 71.9. The summed E-state index contributed by atoms with van der Waals surface area (Å²) in [6.07, 6.45) is 3.53. The number of hydrogen-bond donors (Lipinski definition) is 11. The topological polar surface area (TPSA) is 488 Å². The minimum atomic E-state index is -0.850. The van der Waals surface area contributed by atoms with E-state index in [1.165, 1.54) is 36.4 Å². The summed E-state index contributed by atoms with van der Waals surface area (Å²) < 4.78 is 46.3. The standard InChI is InChI=1S/2C21H20O8.C20H18O7.3C2H7NO/c1-2-12(22)11-27-7-8-28-18(24)10-16(23)17-9-15-19(25)13-5-3-4-6-14(13)20(26)21(15)29-17;1-2-12(11-22)27-7-8-28-18(24)10-16(23)17-9-15-19(25)13-5-3-4-6-14(13)20(26)21(15)29-17;1-2-7-25-8-9-26-17(22)11-15(21)16-10-14-18(23)12-5-3-4-6-13(12)19(24)20(14)27-16;3*3-1-2-4/h2*3-6,9-10,12,22-23H,2,7-8,11H2,1H3;3-6,10-11,21H,2,7-9H2,1H3;3*4H,1-3H2/b2*16-10-;15-11-;;;. The van der Waals surface area contributed by atoms with E-state index < -0.39 is 70.2 Å². The van der Waals surface area contributed by atoms with Crippen LogP contribution in [0.15, 0.2) is 122 Å². The summed E-state index contributed by atoms with van der Waals surface area (Å²) in [5.41, 5.74) is 15.9. The van der Waals surface area contributed by atoms with E-state index >= 15 is 0 Å². The number of nitrogens with two attached hydrogens (primary N) is 3. The van der Waals surface area contributed by atoms with E-state index in [1.807, 2.05) is 20.8 Å². The van der Waals surface area contributed by atoms with Crippen LogP contribution in [-0.2, 0) is 42.8 Å². The van der Waals surface area contributed by atoms with E-state index in [0.29, 0.717) is 39.1 Å². The third kappa shape index (κ3) is 23.2. The summed E-state index contributed by atoms with van der Waals surface area (Å²) in [7, 11) is 0. The van der Waals surface area contributed by atoms with Crippen molar-refractivity contribution in [3.63, 3.8) is 0 Å². The van der Waals surface area contributed by atoms with Crippen LogP contribution >= 0.6 is 0 Å². The Labute approximate surface area is 555 Å². The number of aliphatic hydroxyl groups is 8. The molecular weight excluding hydrogens is 1270 g/mol. The SMILES string of the molecule is CCC(CO)OCCOC(=O)/C=C(\O)c1cc2c(o1)C(=O)c1ccccc1C2=O.CCC(O)COCCOC(=O)/C=C(\O)c1cc2c(o1)C(=O)c1ccccc1C2=O.CCCOCCOC(=O)/C=C(\O)c1cc2c(o1)C(=O)c1ccccc1C2=O.NCCO.NCCO.NCCO. The Hall–Kier alpha value is -9.89. The van der Waals surface area contributed by atoms with Crippen LogP contribution in [0, 0.1) is 0 Å². The second kappa shape index (κ2) is 41.8. The van der Waals surface area contributed by atoms with Crippen LogP contribution in [-0.4, -0.2) is 205 Å². The number of furan rings is 3. The van der Waals surface area contributed by atoms with Crippen LogP contribution in [0.2, 0.25) is 0 Å². The first-order valence-electron chi connectivity index (χ1n) is 30.3. The number of benzene rings is 3. The molecule has 0 aliphatic heterocycles. The van der Waals surface area contributed by atoms with Crippen molar-refractivity contribution >= 4 is 69.9 Å². The van der Waals surface area contributed by atoms with Gasteiger partial charge in [-0.1, -0.05) is 93.6 Å². The zero-order valence-electron chi connectivity index (χ0n) is 53.4. The van der Waals surface area contributed by atoms with Crippen LogP contribution in [0.3, 0.4) is 0 Å². The number of ether oxygens (including phenoxy) is 6. The number of aliphatic hydroxyl groups excluding tert-OH is 8. The highest BCUT2D eigenvalue weighted by atomic mass is 16.6. The quantitative estimate of drug-likeness (QED) is 0.0118. The maximum Gasteiger partial charge on any atom is 0.334 e. The minimum absolute atomic E-state index is 0.0277. The fourth-order valence-electron chi connectivity index (χ4n) is 8.32. The molecule has 3 aromatic carbocycles. The van der Waals surface area contributed by atoms with Gasteiger partial charge in [0.1, 0.15) is 19.8 Å². The summed E-state index contributed by atoms with van der Waals surface area (Å²) >= 11 is 0. The predicted octanol–water partition coefficient (Wildman–Crippen LogP) is 4.31. The second-order valence-corrected chi connectivity index (χ2v) is 20.1. The Balaban J connectivity index is 0.000000285. The molecule has 0 saturated carbocycles. The van der Waals surface area contributed by atoms with Gasteiger partial charge in [-0.05, 0) is 37.5 Å². The Morgan fingerprint density at radius 2 is 0.732 bits per heavy atom. The molecule has 3 heterocycles. The van der Waals surface area contributed by atoms with Crippen LogP contribution < -0.4 is 17.2 Å². The van der Waals surface area contributed by atoms with Gasteiger partial charge in [-0.25, -0.2) is 14.4 Å². The lowest BCUT2D eigenvalue weighted by atomic mass is 9.88. The molecule has 0 fully saturated rings. The lowest BCUT2D eigenvalue weighted by Gasteiger charge is -2.12. The number of carbonyl (C=O) groups is 9. The van der Waals surface area contributed by atoms with Crippen LogP contribution in [0.1, 0.15) is 153 Å². The fraction of sp³-hybridized carbons (Fsp3) is 0.338. The van der Waals surface area contributed by atoms with Gasteiger partial charge in [0, 0.05) is 59.6 Å². The molecule has 6 aromatic rings. The van der Waals surface area contributed by atoms with E-state index in [0.717, 1.165) is 24.6 Å². The highest BCUT2D eigenvalue weighted by Crippen LogP contribution is 2.34. The number of esters is 3. The van der Waals surface area contributed by atoms with Gasteiger partial charge in [0.2, 0.25) is 17.3 Å². The lowest BCUT2D eigenvalue weighted by Crippen LogP contribution is -2.20. The first-order chi connectivity index (χ1) is 46.6. The molecule has 522 valence electrons. The van der Waals surface area contributed by atoms with Gasteiger partial charge in [-0.15, -0.1) is 0 Å². The molecular formula is C68H79N3O26. The van der Waals surface area contributed by atoms with E-state index in [-0.39, 0.29) is 169 Å². The minimum Gasteiger partial charge on any atom is -0.504 e. The van der Waals surface area contributed by atoms with Crippen molar-refractivity contribution in [2.24, 2.45) is 17.2 Å². The number of carbonyl (C=O) groups excluding carboxylic acids is 9. The van der Waals surface area contributed by atoms with Gasteiger partial charge >= 0.3 is 17.9 Å². The zero-order valence-corrected chi connectivity index (χ0v) is 53.4. The van der Waals surface area contributed by atoms with Gasteiger partial charge in [0.25, 0.3) is 0 Å². The van der Waals surface area contributed by atoms with Gasteiger partial charge in [0.05, 0.1) is 100.0 Å². The molecule has 29 nitrogen and oxygen atoms in total. The molecule has 2 atom stereocenters. The highest BCUT2D eigenvalue weighted by Gasteiger charge is 2.37. The van der Waals surface area contributed by atoms with Crippen molar-refractivity contribution in [3.8, 4) is 0 Å². The average molecular weight is 1350 g/mol. The summed E-state index contributed by atoms with van der Waals surface area (Å²) in [6.45, 7) is 7.97. The first kappa shape index (κ1) is 79.5. The van der Waals surface area contributed by atoms with Crippen molar-refractivity contribution in [2.75, 3.05) is 98.9 Å².